The maximum absolute atomic E-state index is 13.4. The Bertz CT molecular complexity index is 1060. The van der Waals surface area contributed by atoms with Gasteiger partial charge in [-0.3, -0.25) is 0 Å². The number of ether oxygens (including phenoxy) is 4. The first-order valence-electron chi connectivity index (χ1n) is 13.9. The molecule has 8 atom stereocenters. The summed E-state index contributed by atoms with van der Waals surface area (Å²) in [6.45, 7) is 7.15. The largest absolute Gasteiger partial charge is 0.493 e. The zero-order valence-electron chi connectivity index (χ0n) is 23.4. The summed E-state index contributed by atoms with van der Waals surface area (Å²) in [5, 5.41) is 11.7. The summed E-state index contributed by atoms with van der Waals surface area (Å²) in [4.78, 5) is 13.4. The molecule has 1 aromatic carbocycles. The van der Waals surface area contributed by atoms with Gasteiger partial charge in [0.1, 0.15) is 5.56 Å². The minimum absolute atomic E-state index is 0.0347. The van der Waals surface area contributed by atoms with Crippen LogP contribution in [0.2, 0.25) is 0 Å². The maximum atomic E-state index is 13.4. The topological polar surface area (TPSA) is 100 Å². The number of fused-ring (bicyclic) bond motifs is 3. The predicted molar refractivity (Wildman–Crippen MR) is 141 cm³/mol. The van der Waals surface area contributed by atoms with Gasteiger partial charge in [0.2, 0.25) is 5.75 Å². The van der Waals surface area contributed by atoms with E-state index in [1.807, 2.05) is 0 Å². The van der Waals surface area contributed by atoms with E-state index in [1.165, 1.54) is 20.6 Å². The van der Waals surface area contributed by atoms with E-state index in [-0.39, 0.29) is 45.6 Å². The Morgan fingerprint density at radius 1 is 0.973 bits per heavy atom. The molecule has 3 N–H and O–H groups in total. The zero-order valence-corrected chi connectivity index (χ0v) is 23.4. The van der Waals surface area contributed by atoms with Gasteiger partial charge in [-0.25, -0.2) is 4.79 Å². The molecule has 7 heteroatoms. The van der Waals surface area contributed by atoms with Gasteiger partial charge in [0, 0.05) is 11.5 Å². The molecule has 2 bridgehead atoms. The van der Waals surface area contributed by atoms with Crippen LogP contribution in [0.4, 0.5) is 0 Å². The van der Waals surface area contributed by atoms with Gasteiger partial charge >= 0.3 is 5.97 Å². The number of carbonyl (C=O) groups excluding carboxylic acids is 1. The van der Waals surface area contributed by atoms with Crippen molar-refractivity contribution in [2.75, 3.05) is 27.9 Å². The van der Waals surface area contributed by atoms with Crippen molar-refractivity contribution in [3.63, 3.8) is 0 Å². The molecule has 7 nitrogen and oxygen atoms in total. The van der Waals surface area contributed by atoms with Gasteiger partial charge in [0.15, 0.2) is 11.5 Å². The molecule has 0 aliphatic heterocycles. The average Bonchev–Trinajstić information content (AvgIpc) is 3.01. The van der Waals surface area contributed by atoms with Crippen LogP contribution in [0.25, 0.3) is 0 Å². The van der Waals surface area contributed by atoms with E-state index in [0.717, 1.165) is 44.9 Å². The van der Waals surface area contributed by atoms with Gasteiger partial charge in [-0.2, -0.15) is 0 Å². The van der Waals surface area contributed by atoms with Crippen molar-refractivity contribution in [2.45, 2.75) is 83.8 Å². The van der Waals surface area contributed by atoms with Crippen molar-refractivity contribution >= 4 is 5.97 Å². The molecule has 4 fully saturated rings. The van der Waals surface area contributed by atoms with E-state index < -0.39 is 12.1 Å². The van der Waals surface area contributed by atoms with Crippen molar-refractivity contribution < 1.29 is 28.8 Å². The lowest BCUT2D eigenvalue weighted by molar-refractivity contribution is -0.151. The van der Waals surface area contributed by atoms with Crippen molar-refractivity contribution in [1.82, 2.24) is 0 Å². The standard InChI is InChI=1S/C30H45NO6/c1-27-14-10-22-28(2)12-7-13-29(3,31)21(28)11-15-30(22,17-27)19(25(27)32)16-37-26(33)18-8-9-20(34-4)24(36-6)23(18)35-5/h8-9,19,21-22,25,32H,7,10-17,31H2,1-6H3/t19-,21+,22+,25-,27+,28-,29-,30-/m1/s1. The van der Waals surface area contributed by atoms with Crippen LogP contribution < -0.4 is 19.9 Å². The number of benzene rings is 1. The number of hydrogen-bond donors (Lipinski definition) is 2. The lowest BCUT2D eigenvalue weighted by atomic mass is 9.41. The molecule has 0 aromatic heterocycles. The van der Waals surface area contributed by atoms with Crippen molar-refractivity contribution in [1.29, 1.82) is 0 Å². The van der Waals surface area contributed by atoms with E-state index in [4.69, 9.17) is 24.7 Å². The normalized spacial score (nSPS) is 42.4. The number of carbonyl (C=O) groups is 1. The first kappa shape index (κ1) is 26.6. The monoisotopic (exact) mass is 515 g/mol. The van der Waals surface area contributed by atoms with Gasteiger partial charge in [0.05, 0.1) is 34.0 Å². The number of hydrogen-bond acceptors (Lipinski definition) is 7. The number of aliphatic hydroxyl groups is 1. The van der Waals surface area contributed by atoms with E-state index in [2.05, 4.69) is 20.8 Å². The van der Waals surface area contributed by atoms with E-state index in [9.17, 15) is 9.90 Å². The van der Waals surface area contributed by atoms with E-state index in [0.29, 0.717) is 23.3 Å². The molecular weight excluding hydrogens is 470 g/mol. The van der Waals surface area contributed by atoms with E-state index >= 15 is 0 Å². The smallest absolute Gasteiger partial charge is 0.342 e. The van der Waals surface area contributed by atoms with Crippen LogP contribution in [0.5, 0.6) is 17.2 Å². The summed E-state index contributed by atoms with van der Waals surface area (Å²) in [6.07, 6.45) is 8.19. The highest BCUT2D eigenvalue weighted by molar-refractivity contribution is 5.94. The fourth-order valence-corrected chi connectivity index (χ4v) is 9.81. The third kappa shape index (κ3) is 3.78. The quantitative estimate of drug-likeness (QED) is 0.516. The van der Waals surface area contributed by atoms with Crippen LogP contribution in [0.3, 0.4) is 0 Å². The minimum atomic E-state index is -0.495. The average molecular weight is 516 g/mol. The summed E-state index contributed by atoms with van der Waals surface area (Å²) in [6, 6.07) is 3.32. The third-order valence-corrected chi connectivity index (χ3v) is 11.3. The van der Waals surface area contributed by atoms with Crippen LogP contribution in [0.15, 0.2) is 12.1 Å². The Balaban J connectivity index is 1.44. The highest BCUT2D eigenvalue weighted by Crippen LogP contribution is 2.74. The van der Waals surface area contributed by atoms with Crippen LogP contribution >= 0.6 is 0 Å². The molecular formula is C30H45NO6. The zero-order chi connectivity index (χ0) is 26.8. The number of rotatable bonds is 6. The number of esters is 1. The first-order valence-corrected chi connectivity index (χ1v) is 13.9. The molecule has 37 heavy (non-hydrogen) atoms. The van der Waals surface area contributed by atoms with Gasteiger partial charge in [-0.15, -0.1) is 0 Å². The minimum Gasteiger partial charge on any atom is -0.493 e. The summed E-state index contributed by atoms with van der Waals surface area (Å²) in [5.41, 5.74) is 7.03. The number of aliphatic hydroxyl groups excluding tert-OH is 1. The molecule has 1 aromatic rings. The molecule has 1 spiro atoms. The Hall–Kier alpha value is -1.99. The first-order chi connectivity index (χ1) is 17.5. The van der Waals surface area contributed by atoms with Gasteiger partial charge in [0.25, 0.3) is 0 Å². The molecule has 206 valence electrons. The fourth-order valence-electron chi connectivity index (χ4n) is 9.81. The number of methoxy groups -OCH3 is 3. The summed E-state index contributed by atoms with van der Waals surface area (Å²) in [5.74, 6) is 1.53. The molecule has 0 radical (unpaired) electrons. The molecule has 0 unspecified atom stereocenters. The molecule has 4 aliphatic carbocycles. The predicted octanol–water partition coefficient (Wildman–Crippen LogP) is 4.97. The van der Waals surface area contributed by atoms with Gasteiger partial charge in [-0.05, 0) is 92.1 Å². The Morgan fingerprint density at radius 3 is 2.35 bits per heavy atom. The fraction of sp³-hybridized carbons (Fsp3) is 0.767. The lowest BCUT2D eigenvalue weighted by Crippen LogP contribution is -2.63. The Kier molecular flexibility index (Phi) is 6.51. The summed E-state index contributed by atoms with van der Waals surface area (Å²) >= 11 is 0. The van der Waals surface area contributed by atoms with Crippen LogP contribution in [-0.2, 0) is 4.74 Å². The van der Waals surface area contributed by atoms with Crippen LogP contribution in [0.1, 0.15) is 82.5 Å². The Labute approximate surface area is 221 Å². The second-order valence-corrected chi connectivity index (χ2v) is 13.1. The highest BCUT2D eigenvalue weighted by Gasteiger charge is 2.70. The number of nitrogens with two attached hydrogens (primary N) is 1. The molecule has 0 amide bonds. The van der Waals surface area contributed by atoms with Crippen molar-refractivity contribution in [3.05, 3.63) is 17.7 Å². The van der Waals surface area contributed by atoms with Gasteiger partial charge < -0.3 is 29.8 Å². The van der Waals surface area contributed by atoms with Crippen LogP contribution in [-0.4, -0.2) is 50.7 Å². The molecule has 0 heterocycles. The highest BCUT2D eigenvalue weighted by atomic mass is 16.5. The van der Waals surface area contributed by atoms with E-state index in [1.54, 1.807) is 19.2 Å². The maximum Gasteiger partial charge on any atom is 0.342 e. The Morgan fingerprint density at radius 2 is 1.68 bits per heavy atom. The SMILES string of the molecule is COc1ccc(C(=O)OC[C@@H]2[C@@H](O)[C@@]3(C)CC[C@H]4[C@]5(C)CCC[C@@](C)(N)[C@H]5CC[C@@]24C3)c(OC)c1OC. The summed E-state index contributed by atoms with van der Waals surface area (Å²) in [7, 11) is 4.55. The second kappa shape index (κ2) is 9.04. The molecule has 0 saturated heterocycles. The molecule has 5 rings (SSSR count). The summed E-state index contributed by atoms with van der Waals surface area (Å²) < 4.78 is 22.3. The van der Waals surface area contributed by atoms with Crippen molar-refractivity contribution in [2.24, 2.45) is 39.7 Å². The third-order valence-electron chi connectivity index (χ3n) is 11.3. The van der Waals surface area contributed by atoms with Crippen LogP contribution in [0, 0.1) is 34.0 Å². The second-order valence-electron chi connectivity index (χ2n) is 13.1. The molecule has 4 saturated carbocycles. The van der Waals surface area contributed by atoms with Gasteiger partial charge in [-0.1, -0.05) is 20.3 Å². The lowest BCUT2D eigenvalue weighted by Gasteiger charge is -2.65. The molecule has 4 aliphatic rings. The van der Waals surface area contributed by atoms with Crippen molar-refractivity contribution in [3.8, 4) is 17.2 Å².